The van der Waals surface area contributed by atoms with E-state index in [-0.39, 0.29) is 6.03 Å². The molecule has 3 N–H and O–H groups in total. The molecule has 2 aliphatic rings. The lowest BCUT2D eigenvalue weighted by atomic mass is 10.00. The average molecular weight is 401 g/mol. The number of urea groups is 1. The van der Waals surface area contributed by atoms with Gasteiger partial charge in [0.2, 0.25) is 11.9 Å². The zero-order valence-electron chi connectivity index (χ0n) is 15.9. The number of likely N-dealkylation sites (tertiary alicyclic amines) is 1. The molecule has 0 spiro atoms. The minimum Gasteiger partial charge on any atom is -0.368 e. The summed E-state index contributed by atoms with van der Waals surface area (Å²) in [5.74, 6) is 0.231. The van der Waals surface area contributed by atoms with Crippen molar-refractivity contribution in [1.29, 1.82) is 0 Å². The maximum absolute atomic E-state index is 12.4. The number of aromatic nitrogens is 3. The second kappa shape index (κ2) is 7.34. The summed E-state index contributed by atoms with van der Waals surface area (Å²) in [5, 5.41) is 3.32. The second-order valence-electron chi connectivity index (χ2n) is 6.84. The summed E-state index contributed by atoms with van der Waals surface area (Å²) in [4.78, 5) is 42.2. The van der Waals surface area contributed by atoms with Gasteiger partial charge in [-0.15, -0.1) is 0 Å². The lowest BCUT2D eigenvalue weighted by Crippen LogP contribution is -2.58. The fourth-order valence-corrected chi connectivity index (χ4v) is 4.56. The number of nitrogens with two attached hydrogens (primary N) is 1. The van der Waals surface area contributed by atoms with Crippen LogP contribution in [-0.2, 0) is 17.6 Å². The van der Waals surface area contributed by atoms with Gasteiger partial charge in [0, 0.05) is 25.8 Å². The number of thiazole rings is 1. The predicted molar refractivity (Wildman–Crippen MR) is 107 cm³/mol. The van der Waals surface area contributed by atoms with Gasteiger partial charge in [-0.25, -0.2) is 19.7 Å². The van der Waals surface area contributed by atoms with Gasteiger partial charge in [-0.05, 0) is 38.7 Å². The lowest BCUT2D eigenvalue weighted by molar-refractivity contribution is -0.125. The van der Waals surface area contributed by atoms with Gasteiger partial charge in [-0.1, -0.05) is 11.3 Å². The minimum atomic E-state index is -0.528. The normalized spacial score (nSPS) is 17.4. The van der Waals surface area contributed by atoms with Crippen LogP contribution < -0.4 is 16.0 Å². The zero-order valence-corrected chi connectivity index (χ0v) is 16.8. The van der Waals surface area contributed by atoms with Gasteiger partial charge in [-0.2, -0.15) is 0 Å². The Labute approximate surface area is 167 Å². The number of amides is 3. The molecule has 2 aromatic heterocycles. The van der Waals surface area contributed by atoms with Crippen LogP contribution in [0.3, 0.4) is 0 Å². The van der Waals surface area contributed by atoms with E-state index < -0.39 is 11.9 Å². The molecule has 148 valence electrons. The van der Waals surface area contributed by atoms with Crippen molar-refractivity contribution < 1.29 is 9.59 Å². The summed E-state index contributed by atoms with van der Waals surface area (Å²) in [6.45, 7) is 6.35. The molecule has 4 rings (SSSR count). The summed E-state index contributed by atoms with van der Waals surface area (Å²) in [7, 11) is 0. The number of fused-ring (bicyclic) bond motifs is 3. The van der Waals surface area contributed by atoms with Crippen molar-refractivity contribution in [2.24, 2.45) is 5.73 Å². The van der Waals surface area contributed by atoms with E-state index in [0.717, 1.165) is 47.8 Å². The Hall–Kier alpha value is -2.75. The largest absolute Gasteiger partial charge is 0.368 e. The highest BCUT2D eigenvalue weighted by molar-refractivity contribution is 7.19. The summed E-state index contributed by atoms with van der Waals surface area (Å²) in [6.07, 6.45) is 4.12. The first kappa shape index (κ1) is 18.6. The third kappa shape index (κ3) is 3.17. The van der Waals surface area contributed by atoms with E-state index >= 15 is 0 Å². The highest BCUT2D eigenvalue weighted by Gasteiger charge is 2.36. The highest BCUT2D eigenvalue weighted by atomic mass is 32.1. The summed E-state index contributed by atoms with van der Waals surface area (Å²) < 4.78 is 0. The monoisotopic (exact) mass is 401 g/mol. The first-order valence-corrected chi connectivity index (χ1v) is 10.3. The van der Waals surface area contributed by atoms with Crippen molar-refractivity contribution in [2.45, 2.75) is 39.2 Å². The molecule has 1 aliphatic heterocycles. The van der Waals surface area contributed by atoms with Crippen molar-refractivity contribution in [3.05, 3.63) is 17.5 Å². The Kier molecular flexibility index (Phi) is 4.88. The Morgan fingerprint density at radius 2 is 2.11 bits per heavy atom. The first-order valence-electron chi connectivity index (χ1n) is 9.49. The number of nitrogens with one attached hydrogen (secondary N) is 1. The van der Waals surface area contributed by atoms with E-state index in [4.69, 9.17) is 10.7 Å². The van der Waals surface area contributed by atoms with Crippen LogP contribution in [0.2, 0.25) is 0 Å². The molecular weight excluding hydrogens is 378 g/mol. The number of primary amides is 1. The van der Waals surface area contributed by atoms with Gasteiger partial charge >= 0.3 is 6.03 Å². The van der Waals surface area contributed by atoms with Crippen LogP contribution in [0.5, 0.6) is 0 Å². The number of aryl methyl sites for hydroxylation is 2. The van der Waals surface area contributed by atoms with Crippen LogP contribution in [0.15, 0.2) is 6.20 Å². The average Bonchev–Trinajstić information content (AvgIpc) is 3.04. The van der Waals surface area contributed by atoms with Gasteiger partial charge in [0.1, 0.15) is 6.04 Å². The first-order chi connectivity index (χ1) is 13.5. The minimum absolute atomic E-state index is 0.340. The fourth-order valence-electron chi connectivity index (χ4n) is 3.54. The molecular formula is C18H23N7O2S. The number of hydrogen-bond acceptors (Lipinski definition) is 7. The number of nitrogens with zero attached hydrogens (tertiary/aromatic N) is 5. The van der Waals surface area contributed by atoms with Crippen LogP contribution >= 0.6 is 11.3 Å². The standard InChI is InChI=1S/C18H23N7O2S/c1-3-24(4-2)16-20-9-10-5-6-11-14(13(10)22-16)28-17(21-11)23-18(27)25-8-7-12(25)15(19)26/h9,12H,3-8H2,1-2H3,(H2,19,26)(H,21,23,27)/t12-/m0/s1. The number of carbonyl (C=O) groups excluding carboxylic acids is 2. The second-order valence-corrected chi connectivity index (χ2v) is 7.84. The molecule has 0 bridgehead atoms. The molecule has 9 nitrogen and oxygen atoms in total. The molecule has 1 aliphatic carbocycles. The number of hydrogen-bond donors (Lipinski definition) is 2. The maximum atomic E-state index is 12.4. The zero-order chi connectivity index (χ0) is 19.8. The van der Waals surface area contributed by atoms with Gasteiger partial charge in [0.15, 0.2) is 5.13 Å². The van der Waals surface area contributed by atoms with Crippen LogP contribution in [0, 0.1) is 0 Å². The SMILES string of the molecule is CCN(CC)c1ncc2c(n1)-c1sc(NC(=O)N3CC[C@H]3C(N)=O)nc1CC2. The van der Waals surface area contributed by atoms with Crippen molar-refractivity contribution >= 4 is 34.4 Å². The number of carbonyl (C=O) groups is 2. The summed E-state index contributed by atoms with van der Waals surface area (Å²) in [6, 6.07) is -0.868. The van der Waals surface area contributed by atoms with E-state index in [9.17, 15) is 9.59 Å². The Bertz CT molecular complexity index is 925. The van der Waals surface area contributed by atoms with Crippen molar-refractivity contribution in [3.8, 4) is 10.6 Å². The van der Waals surface area contributed by atoms with Crippen molar-refractivity contribution in [2.75, 3.05) is 29.9 Å². The molecule has 0 aromatic carbocycles. The van der Waals surface area contributed by atoms with Crippen LogP contribution in [0.1, 0.15) is 31.5 Å². The molecule has 1 fully saturated rings. The molecule has 1 atom stereocenters. The molecule has 0 unspecified atom stereocenters. The smallest absolute Gasteiger partial charge is 0.324 e. The highest BCUT2D eigenvalue weighted by Crippen LogP contribution is 2.39. The van der Waals surface area contributed by atoms with Crippen LogP contribution in [0.25, 0.3) is 10.6 Å². The number of anilines is 2. The molecule has 1 saturated heterocycles. The van der Waals surface area contributed by atoms with Crippen LogP contribution in [0.4, 0.5) is 15.9 Å². The quantitative estimate of drug-likeness (QED) is 0.786. The molecule has 3 heterocycles. The van der Waals surface area contributed by atoms with E-state index in [1.54, 1.807) is 0 Å². The topological polar surface area (TPSA) is 117 Å². The van der Waals surface area contributed by atoms with Gasteiger partial charge in [0.05, 0.1) is 16.3 Å². The summed E-state index contributed by atoms with van der Waals surface area (Å²) >= 11 is 1.41. The predicted octanol–water partition coefficient (Wildman–Crippen LogP) is 1.64. The lowest BCUT2D eigenvalue weighted by Gasteiger charge is -2.38. The van der Waals surface area contributed by atoms with Crippen LogP contribution in [-0.4, -0.2) is 57.5 Å². The van der Waals surface area contributed by atoms with E-state index in [2.05, 4.69) is 34.0 Å². The number of rotatable bonds is 5. The maximum Gasteiger partial charge on any atom is 0.324 e. The molecule has 0 saturated carbocycles. The van der Waals surface area contributed by atoms with E-state index in [1.165, 1.54) is 16.2 Å². The summed E-state index contributed by atoms with van der Waals surface area (Å²) in [5.41, 5.74) is 8.26. The van der Waals surface area contributed by atoms with Crippen molar-refractivity contribution in [1.82, 2.24) is 19.9 Å². The van der Waals surface area contributed by atoms with Gasteiger partial charge in [-0.3, -0.25) is 10.1 Å². The molecule has 0 radical (unpaired) electrons. The van der Waals surface area contributed by atoms with E-state index in [1.807, 2.05) is 6.20 Å². The Morgan fingerprint density at radius 3 is 2.75 bits per heavy atom. The molecule has 10 heteroatoms. The molecule has 3 amide bonds. The molecule has 28 heavy (non-hydrogen) atoms. The Morgan fingerprint density at radius 1 is 1.32 bits per heavy atom. The van der Waals surface area contributed by atoms with Gasteiger partial charge < -0.3 is 15.5 Å². The van der Waals surface area contributed by atoms with E-state index in [0.29, 0.717) is 24.0 Å². The third-order valence-electron chi connectivity index (χ3n) is 5.26. The Balaban J connectivity index is 1.58. The fraction of sp³-hybridized carbons (Fsp3) is 0.500. The molecule has 2 aromatic rings. The van der Waals surface area contributed by atoms with Gasteiger partial charge in [0.25, 0.3) is 0 Å². The third-order valence-corrected chi connectivity index (χ3v) is 6.28. The van der Waals surface area contributed by atoms with Crippen molar-refractivity contribution in [3.63, 3.8) is 0 Å².